The number of rotatable bonds is 27. The zero-order valence-corrected chi connectivity index (χ0v) is 44.0. The van der Waals surface area contributed by atoms with Crippen molar-refractivity contribution in [2.75, 3.05) is 0 Å². The lowest BCUT2D eigenvalue weighted by Gasteiger charge is -2.27. The van der Waals surface area contributed by atoms with Crippen LogP contribution in [0.15, 0.2) is 48.5 Å². The van der Waals surface area contributed by atoms with Crippen molar-refractivity contribution in [1.82, 2.24) is 31.9 Å². The first-order valence-electron chi connectivity index (χ1n) is 22.9. The van der Waals surface area contributed by atoms with Gasteiger partial charge >= 0.3 is 23.9 Å². The molecule has 0 radical (unpaired) electrons. The number of hydrogen-bond donors (Lipinski definition) is 10. The minimum atomic E-state index is -1.48. The molecule has 72 heavy (non-hydrogen) atoms. The fourth-order valence-electron chi connectivity index (χ4n) is 7.01. The molecule has 0 aliphatic rings. The standard InChI is InChI=1S/C48H60N6O14S4/c1-21(2)37(43(61)49-25(47(65)66)9-19-35(55)56)53-45(63)39(23(5)6)51-41(59)33-17-15-31(71-33)29-13-11-27(69-29)28-12-14-30(70-28)32-16-18-34(72-32)42(60)52-40(24(7)8)46(64)54-38(22(3)4)44(62)50-26(48(67)68)10-20-36(57)58/h11-18,21-26,37-40H,9-10,19-20H2,1-8H3,(H,49,61)(H,50,62)(H,51,59)(H,52,60)(H,53,63)(H,54,64)(H,55,56)(H,57,58)(H,65,66)(H,67,68)/t25-,26-,37-,38-,39-,40-/m0/s1. The summed E-state index contributed by atoms with van der Waals surface area (Å²) in [5, 5.41) is 52.4. The minimum absolute atomic E-state index is 0.333. The molecule has 0 aliphatic heterocycles. The second-order valence-electron chi connectivity index (χ2n) is 18.2. The maximum absolute atomic E-state index is 13.5. The molecular formula is C48H60N6O14S4. The van der Waals surface area contributed by atoms with Gasteiger partial charge in [-0.15, -0.1) is 45.3 Å². The summed E-state index contributed by atoms with van der Waals surface area (Å²) in [6, 6.07) is 7.24. The van der Waals surface area contributed by atoms with Crippen molar-refractivity contribution in [3.8, 4) is 29.3 Å². The van der Waals surface area contributed by atoms with Crippen LogP contribution in [0.2, 0.25) is 0 Å². The molecule has 0 aromatic carbocycles. The summed E-state index contributed by atoms with van der Waals surface area (Å²) < 4.78 is 0. The third-order valence-corrected chi connectivity index (χ3v) is 16.0. The average Bonchev–Trinajstić information content (AvgIpc) is 4.14. The van der Waals surface area contributed by atoms with Crippen molar-refractivity contribution in [2.45, 2.75) is 117 Å². The first-order chi connectivity index (χ1) is 33.8. The summed E-state index contributed by atoms with van der Waals surface area (Å²) in [7, 11) is 0. The van der Waals surface area contributed by atoms with E-state index in [1.807, 2.05) is 24.3 Å². The molecule has 10 N–H and O–H groups in total. The maximum atomic E-state index is 13.5. The highest BCUT2D eigenvalue weighted by Gasteiger charge is 2.35. The molecule has 0 aliphatic carbocycles. The van der Waals surface area contributed by atoms with Gasteiger partial charge in [0, 0.05) is 42.1 Å². The number of nitrogens with one attached hydrogen (secondary N) is 6. The van der Waals surface area contributed by atoms with Gasteiger partial charge < -0.3 is 52.3 Å². The molecule has 0 bridgehead atoms. The monoisotopic (exact) mass is 1070 g/mol. The van der Waals surface area contributed by atoms with Gasteiger partial charge in [-0.25, -0.2) is 9.59 Å². The van der Waals surface area contributed by atoms with E-state index in [4.69, 9.17) is 10.2 Å². The summed E-state index contributed by atoms with van der Waals surface area (Å²) in [5.41, 5.74) is 0. The predicted molar refractivity (Wildman–Crippen MR) is 273 cm³/mol. The number of carboxylic acid groups (broad SMARTS) is 4. The van der Waals surface area contributed by atoms with Crippen LogP contribution in [0.1, 0.15) is 100 Å². The molecule has 20 nitrogen and oxygen atoms in total. The van der Waals surface area contributed by atoms with Crippen molar-refractivity contribution in [3.05, 3.63) is 58.3 Å². The van der Waals surface area contributed by atoms with Crippen molar-refractivity contribution >= 4 is 105 Å². The van der Waals surface area contributed by atoms with Crippen LogP contribution < -0.4 is 31.9 Å². The van der Waals surface area contributed by atoms with Crippen molar-refractivity contribution in [3.63, 3.8) is 0 Å². The van der Waals surface area contributed by atoms with Crippen LogP contribution in [0.4, 0.5) is 0 Å². The highest BCUT2D eigenvalue weighted by Crippen LogP contribution is 2.43. The number of carbonyl (C=O) groups is 10. The predicted octanol–water partition coefficient (Wildman–Crippen LogP) is 5.59. The van der Waals surface area contributed by atoms with E-state index in [1.165, 1.54) is 45.3 Å². The Kier molecular flexibility index (Phi) is 21.2. The van der Waals surface area contributed by atoms with Crippen LogP contribution in [0.5, 0.6) is 0 Å². The number of carbonyl (C=O) groups excluding carboxylic acids is 6. The smallest absolute Gasteiger partial charge is 0.326 e. The molecule has 0 saturated heterocycles. The molecule has 6 atom stereocenters. The Morgan fingerprint density at radius 2 is 0.625 bits per heavy atom. The Morgan fingerprint density at radius 3 is 0.889 bits per heavy atom. The summed E-state index contributed by atoms with van der Waals surface area (Å²) >= 11 is 5.46. The second kappa shape index (κ2) is 26.3. The Labute approximate surface area is 431 Å². The van der Waals surface area contributed by atoms with Gasteiger partial charge in [0.15, 0.2) is 0 Å². The summed E-state index contributed by atoms with van der Waals surface area (Å²) in [6.07, 6.45) is -1.68. The van der Waals surface area contributed by atoms with Gasteiger partial charge in [-0.1, -0.05) is 55.4 Å². The first-order valence-corrected chi connectivity index (χ1v) is 26.2. The van der Waals surface area contributed by atoms with Crippen LogP contribution in [0.25, 0.3) is 29.3 Å². The van der Waals surface area contributed by atoms with E-state index in [1.54, 1.807) is 79.7 Å². The van der Waals surface area contributed by atoms with Gasteiger partial charge in [0.2, 0.25) is 23.6 Å². The van der Waals surface area contributed by atoms with E-state index in [-0.39, 0.29) is 12.8 Å². The third-order valence-electron chi connectivity index (χ3n) is 11.1. The van der Waals surface area contributed by atoms with Crippen LogP contribution in [0, 0.1) is 23.7 Å². The van der Waals surface area contributed by atoms with Crippen molar-refractivity contribution < 1.29 is 68.4 Å². The van der Waals surface area contributed by atoms with E-state index in [0.29, 0.717) is 9.75 Å². The lowest BCUT2D eigenvalue weighted by molar-refractivity contribution is -0.144. The Hall–Kier alpha value is -6.50. The van der Waals surface area contributed by atoms with Gasteiger partial charge in [0.25, 0.3) is 11.8 Å². The largest absolute Gasteiger partial charge is 0.481 e. The molecule has 390 valence electrons. The number of aliphatic carboxylic acids is 4. The molecule has 6 amide bonds. The second-order valence-corrected chi connectivity index (χ2v) is 22.5. The molecule has 0 fully saturated rings. The quantitative estimate of drug-likeness (QED) is 0.0348. The van der Waals surface area contributed by atoms with Gasteiger partial charge in [0.1, 0.15) is 36.3 Å². The van der Waals surface area contributed by atoms with E-state index in [9.17, 15) is 58.2 Å². The molecular weight excluding hydrogens is 1010 g/mol. The summed E-state index contributed by atoms with van der Waals surface area (Å²) in [6.45, 7) is 13.5. The van der Waals surface area contributed by atoms with Gasteiger partial charge in [-0.2, -0.15) is 0 Å². The summed E-state index contributed by atoms with van der Waals surface area (Å²) in [5.74, 6) is -11.0. The Balaban J connectivity index is 1.39. The fourth-order valence-corrected chi connectivity index (χ4v) is 11.1. The van der Waals surface area contributed by atoms with Gasteiger partial charge in [-0.3, -0.25) is 38.4 Å². The maximum Gasteiger partial charge on any atom is 0.326 e. The Morgan fingerprint density at radius 1 is 0.375 bits per heavy atom. The van der Waals surface area contributed by atoms with E-state index in [2.05, 4.69) is 31.9 Å². The molecule has 24 heteroatoms. The SMILES string of the molecule is CC(C)[C@H](NC(=O)c1ccc(-c2ccc(-c3ccc(-c4ccc(C(=O)N[C@H](C(=O)N[C@H](C(=O)N[C@@H](CCC(=O)O)C(=O)O)C(C)C)C(C)C)s4)s3)s2)s1)C(=O)N[C@H](C(=O)N[C@@H](CCC(=O)O)C(=O)O)C(C)C. The van der Waals surface area contributed by atoms with E-state index >= 15 is 0 Å². The van der Waals surface area contributed by atoms with Gasteiger partial charge in [-0.05, 0) is 85.0 Å². The van der Waals surface area contributed by atoms with Crippen molar-refractivity contribution in [2.24, 2.45) is 23.7 Å². The minimum Gasteiger partial charge on any atom is -0.481 e. The normalized spacial score (nSPS) is 13.9. The zero-order valence-electron chi connectivity index (χ0n) is 40.7. The molecule has 0 spiro atoms. The molecule has 4 heterocycles. The van der Waals surface area contributed by atoms with Crippen LogP contribution in [-0.4, -0.2) is 116 Å². The average molecular weight is 1070 g/mol. The van der Waals surface area contributed by atoms with Gasteiger partial charge in [0.05, 0.1) is 9.75 Å². The third kappa shape index (κ3) is 16.3. The van der Waals surface area contributed by atoms with E-state index in [0.717, 1.165) is 29.3 Å². The molecule has 4 rings (SSSR count). The summed E-state index contributed by atoms with van der Waals surface area (Å²) in [4.78, 5) is 132. The number of hydrogen-bond acceptors (Lipinski definition) is 14. The molecule has 0 saturated carbocycles. The van der Waals surface area contributed by atoms with Crippen LogP contribution >= 0.6 is 45.3 Å². The lowest BCUT2D eigenvalue weighted by atomic mass is 9.99. The van der Waals surface area contributed by atoms with Crippen molar-refractivity contribution in [1.29, 1.82) is 0 Å². The number of amides is 6. The lowest BCUT2D eigenvalue weighted by Crippen LogP contribution is -2.58. The molecule has 4 aromatic heterocycles. The van der Waals surface area contributed by atoms with Crippen LogP contribution in [0.3, 0.4) is 0 Å². The number of thiophene rings is 4. The van der Waals surface area contributed by atoms with E-state index < -0.39 is 132 Å². The first kappa shape index (κ1) is 58.1. The Bertz CT molecular complexity index is 2450. The highest BCUT2D eigenvalue weighted by atomic mass is 32.1. The molecule has 4 aromatic rings. The highest BCUT2D eigenvalue weighted by molar-refractivity contribution is 7.29. The molecule has 0 unspecified atom stereocenters. The van der Waals surface area contributed by atoms with Crippen LogP contribution in [-0.2, 0) is 38.4 Å². The fraction of sp³-hybridized carbons (Fsp3) is 0.458. The number of carboxylic acids is 4. The topological polar surface area (TPSA) is 324 Å². The zero-order chi connectivity index (χ0) is 53.7.